The number of hydrogen-bond acceptors (Lipinski definition) is 4. The Balaban J connectivity index is 1.98. The minimum atomic E-state index is 0.0842. The topological polar surface area (TPSA) is 49.6 Å². The highest BCUT2D eigenvalue weighted by molar-refractivity contribution is 7.12. The first-order chi connectivity index (χ1) is 8.09. The second-order valence-corrected chi connectivity index (χ2v) is 5.54. The van der Waals surface area contributed by atoms with Crippen LogP contribution in [0.2, 0.25) is 0 Å². The van der Waals surface area contributed by atoms with Gasteiger partial charge in [0.1, 0.15) is 4.88 Å². The van der Waals surface area contributed by atoms with E-state index in [1.165, 1.54) is 11.3 Å². The zero-order chi connectivity index (χ0) is 12.4. The molecule has 1 saturated heterocycles. The number of anilines is 1. The Labute approximate surface area is 106 Å². The van der Waals surface area contributed by atoms with Crippen LogP contribution in [0.25, 0.3) is 0 Å². The average Bonchev–Trinajstić information content (AvgIpc) is 2.74. The molecule has 1 aliphatic heterocycles. The third-order valence-electron chi connectivity index (χ3n) is 3.22. The highest BCUT2D eigenvalue weighted by Gasteiger charge is 2.24. The first kappa shape index (κ1) is 12.4. The highest BCUT2D eigenvalue weighted by atomic mass is 32.1. The number of nitrogen functional groups attached to an aromatic ring is 1. The number of carbonyl (C=O) groups is 1. The quantitative estimate of drug-likeness (QED) is 0.869. The van der Waals surface area contributed by atoms with Crippen LogP contribution in [-0.4, -0.2) is 47.9 Å². The van der Waals surface area contributed by atoms with Gasteiger partial charge in [-0.3, -0.25) is 9.69 Å². The molecule has 0 atom stereocenters. The molecule has 0 spiro atoms. The molecule has 0 aliphatic carbocycles. The van der Waals surface area contributed by atoms with E-state index >= 15 is 0 Å². The van der Waals surface area contributed by atoms with E-state index in [-0.39, 0.29) is 5.91 Å². The zero-order valence-electron chi connectivity index (χ0n) is 10.3. The second-order valence-electron chi connectivity index (χ2n) is 4.63. The summed E-state index contributed by atoms with van der Waals surface area (Å²) in [6, 6.07) is 2.35. The third kappa shape index (κ3) is 2.61. The molecule has 1 aliphatic rings. The summed E-state index contributed by atoms with van der Waals surface area (Å²) in [7, 11) is 0. The van der Waals surface area contributed by atoms with Gasteiger partial charge in [-0.1, -0.05) is 0 Å². The summed E-state index contributed by atoms with van der Waals surface area (Å²) in [4.78, 5) is 17.2. The number of piperazine rings is 1. The number of nitrogens with two attached hydrogens (primary N) is 1. The second kappa shape index (κ2) is 5.06. The molecule has 1 amide bonds. The van der Waals surface area contributed by atoms with Gasteiger partial charge in [-0.15, -0.1) is 11.3 Å². The van der Waals surface area contributed by atoms with E-state index < -0.39 is 0 Å². The van der Waals surface area contributed by atoms with Crippen LogP contribution in [0.4, 0.5) is 5.69 Å². The molecule has 17 heavy (non-hydrogen) atoms. The van der Waals surface area contributed by atoms with Gasteiger partial charge >= 0.3 is 0 Å². The molecule has 0 unspecified atom stereocenters. The Hall–Kier alpha value is -1.07. The molecule has 4 nitrogen and oxygen atoms in total. The molecule has 1 aromatic heterocycles. The Morgan fingerprint density at radius 2 is 2.00 bits per heavy atom. The molecular formula is C12H19N3OS. The van der Waals surface area contributed by atoms with Crippen molar-refractivity contribution < 1.29 is 4.79 Å². The molecule has 0 saturated carbocycles. The van der Waals surface area contributed by atoms with Gasteiger partial charge in [0, 0.05) is 32.2 Å². The molecule has 1 aromatic rings. The summed E-state index contributed by atoms with van der Waals surface area (Å²) in [5, 5.41) is 1.87. The Morgan fingerprint density at radius 1 is 1.35 bits per heavy atom. The normalized spacial score (nSPS) is 17.7. The maximum atomic E-state index is 12.2. The predicted molar refractivity (Wildman–Crippen MR) is 71.3 cm³/mol. The number of rotatable bonds is 2. The molecular weight excluding hydrogens is 234 g/mol. The van der Waals surface area contributed by atoms with Crippen molar-refractivity contribution >= 4 is 22.9 Å². The van der Waals surface area contributed by atoms with Crippen LogP contribution in [0.5, 0.6) is 0 Å². The molecule has 94 valence electrons. The minimum absolute atomic E-state index is 0.0842. The lowest BCUT2D eigenvalue weighted by Crippen LogP contribution is -2.50. The fourth-order valence-corrected chi connectivity index (χ4v) is 2.86. The first-order valence-corrected chi connectivity index (χ1v) is 6.84. The van der Waals surface area contributed by atoms with Gasteiger partial charge in [0.15, 0.2) is 0 Å². The van der Waals surface area contributed by atoms with Crippen LogP contribution < -0.4 is 5.73 Å². The Bertz CT molecular complexity index is 394. The summed E-state index contributed by atoms with van der Waals surface area (Å²) in [5.41, 5.74) is 6.38. The third-order valence-corrected chi connectivity index (χ3v) is 4.14. The van der Waals surface area contributed by atoms with Gasteiger partial charge in [0.05, 0.1) is 5.69 Å². The van der Waals surface area contributed by atoms with Crippen LogP contribution >= 0.6 is 11.3 Å². The summed E-state index contributed by atoms with van der Waals surface area (Å²) in [6.45, 7) is 7.88. The van der Waals surface area contributed by atoms with Gasteiger partial charge in [-0.2, -0.15) is 0 Å². The van der Waals surface area contributed by atoms with Gasteiger partial charge < -0.3 is 10.6 Å². The molecule has 2 N–H and O–H groups in total. The van der Waals surface area contributed by atoms with E-state index in [2.05, 4.69) is 18.7 Å². The number of amides is 1. The van der Waals surface area contributed by atoms with Crippen LogP contribution in [0.15, 0.2) is 11.4 Å². The number of hydrogen-bond donors (Lipinski definition) is 1. The van der Waals surface area contributed by atoms with Crippen LogP contribution in [0.3, 0.4) is 0 Å². The van der Waals surface area contributed by atoms with Crippen molar-refractivity contribution in [1.82, 2.24) is 9.80 Å². The molecule has 2 heterocycles. The van der Waals surface area contributed by atoms with Crippen molar-refractivity contribution in [3.63, 3.8) is 0 Å². The summed E-state index contributed by atoms with van der Waals surface area (Å²) < 4.78 is 0. The molecule has 0 bridgehead atoms. The average molecular weight is 253 g/mol. The molecule has 0 radical (unpaired) electrons. The summed E-state index contributed by atoms with van der Waals surface area (Å²) >= 11 is 1.43. The monoisotopic (exact) mass is 253 g/mol. The smallest absolute Gasteiger partial charge is 0.266 e. The number of nitrogens with zero attached hydrogens (tertiary/aromatic N) is 2. The van der Waals surface area contributed by atoms with E-state index in [4.69, 9.17) is 5.73 Å². The lowest BCUT2D eigenvalue weighted by atomic mass is 10.2. The van der Waals surface area contributed by atoms with Crippen molar-refractivity contribution in [3.05, 3.63) is 16.3 Å². The minimum Gasteiger partial charge on any atom is -0.397 e. The molecule has 5 heteroatoms. The lowest BCUT2D eigenvalue weighted by molar-refractivity contribution is 0.0601. The summed E-state index contributed by atoms with van der Waals surface area (Å²) in [5.74, 6) is 0.0842. The fraction of sp³-hybridized carbons (Fsp3) is 0.583. The van der Waals surface area contributed by atoms with E-state index in [0.29, 0.717) is 16.6 Å². The van der Waals surface area contributed by atoms with Crippen molar-refractivity contribution in [2.75, 3.05) is 31.9 Å². The van der Waals surface area contributed by atoms with Crippen LogP contribution in [0, 0.1) is 0 Å². The van der Waals surface area contributed by atoms with Crippen molar-refractivity contribution in [2.45, 2.75) is 19.9 Å². The van der Waals surface area contributed by atoms with Crippen LogP contribution in [0.1, 0.15) is 23.5 Å². The van der Waals surface area contributed by atoms with Crippen molar-refractivity contribution in [1.29, 1.82) is 0 Å². The highest BCUT2D eigenvalue weighted by Crippen LogP contribution is 2.21. The predicted octanol–water partition coefficient (Wildman–Crippen LogP) is 1.50. The van der Waals surface area contributed by atoms with E-state index in [9.17, 15) is 4.79 Å². The van der Waals surface area contributed by atoms with Crippen molar-refractivity contribution in [2.24, 2.45) is 0 Å². The maximum absolute atomic E-state index is 12.2. The standard InChI is InChI=1S/C12H19N3OS/c1-9(2)14-4-6-15(7-5-14)12(16)11-10(13)3-8-17-11/h3,8-9H,4-7,13H2,1-2H3. The van der Waals surface area contributed by atoms with Gasteiger partial charge in [0.25, 0.3) is 5.91 Å². The fourth-order valence-electron chi connectivity index (χ4n) is 2.08. The maximum Gasteiger partial charge on any atom is 0.266 e. The van der Waals surface area contributed by atoms with Gasteiger partial charge in [-0.05, 0) is 25.3 Å². The molecule has 2 rings (SSSR count). The van der Waals surface area contributed by atoms with Crippen molar-refractivity contribution in [3.8, 4) is 0 Å². The lowest BCUT2D eigenvalue weighted by Gasteiger charge is -2.36. The number of carbonyl (C=O) groups excluding carboxylic acids is 1. The largest absolute Gasteiger partial charge is 0.397 e. The molecule has 0 aromatic carbocycles. The first-order valence-electron chi connectivity index (χ1n) is 5.96. The molecule has 1 fully saturated rings. The number of thiophene rings is 1. The van der Waals surface area contributed by atoms with Gasteiger partial charge in [-0.25, -0.2) is 0 Å². The van der Waals surface area contributed by atoms with E-state index in [0.717, 1.165) is 26.2 Å². The SMILES string of the molecule is CC(C)N1CCN(C(=O)c2sccc2N)CC1. The summed E-state index contributed by atoms with van der Waals surface area (Å²) in [6.07, 6.45) is 0. The Kier molecular flexibility index (Phi) is 3.69. The Morgan fingerprint density at radius 3 is 2.47 bits per heavy atom. The van der Waals surface area contributed by atoms with E-state index in [1.54, 1.807) is 6.07 Å². The van der Waals surface area contributed by atoms with Crippen LogP contribution in [-0.2, 0) is 0 Å². The van der Waals surface area contributed by atoms with E-state index in [1.807, 2.05) is 10.3 Å². The van der Waals surface area contributed by atoms with Gasteiger partial charge in [0.2, 0.25) is 0 Å². The zero-order valence-corrected chi connectivity index (χ0v) is 11.2.